The van der Waals surface area contributed by atoms with E-state index in [2.05, 4.69) is 42.1 Å². The molecule has 102 valence electrons. The van der Waals surface area contributed by atoms with E-state index in [1.807, 2.05) is 19.2 Å². The Balaban J connectivity index is 0.00000289. The number of aliphatic imine (C=N–C) groups is 1. The van der Waals surface area contributed by atoms with Crippen LogP contribution in [0.4, 0.5) is 0 Å². The highest BCUT2D eigenvalue weighted by molar-refractivity contribution is 14.0. The Bertz CT molecular complexity index is 379. The fraction of sp³-hybridized carbons (Fsp3) is 0.538. The van der Waals surface area contributed by atoms with Gasteiger partial charge in [0.1, 0.15) is 0 Å². The molecule has 1 rings (SSSR count). The topological polar surface area (TPSA) is 63.3 Å². The van der Waals surface area contributed by atoms with E-state index in [-0.39, 0.29) is 29.5 Å². The van der Waals surface area contributed by atoms with Crippen LogP contribution in [0.3, 0.4) is 0 Å². The number of nitrogens with zero attached hydrogens (tertiary/aromatic N) is 2. The Hall–Kier alpha value is -0.850. The molecule has 0 aliphatic rings. The molecule has 1 heterocycles. The second-order valence-corrected chi connectivity index (χ2v) is 5.20. The van der Waals surface area contributed by atoms with Gasteiger partial charge in [0.05, 0.1) is 0 Å². The quantitative estimate of drug-likeness (QED) is 0.493. The fourth-order valence-electron chi connectivity index (χ4n) is 1.38. The molecule has 1 aromatic heterocycles. The third-order valence-corrected chi connectivity index (χ3v) is 2.16. The van der Waals surface area contributed by atoms with Crippen molar-refractivity contribution < 1.29 is 0 Å². The van der Waals surface area contributed by atoms with Crippen molar-refractivity contribution in [1.82, 2.24) is 10.3 Å². The number of aryl methyl sites for hydroxylation is 1. The molecule has 4 nitrogen and oxygen atoms in total. The van der Waals surface area contributed by atoms with Crippen molar-refractivity contribution in [3.8, 4) is 0 Å². The van der Waals surface area contributed by atoms with Crippen LogP contribution >= 0.6 is 24.0 Å². The van der Waals surface area contributed by atoms with Crippen molar-refractivity contribution in [2.45, 2.75) is 39.7 Å². The summed E-state index contributed by atoms with van der Waals surface area (Å²) >= 11 is 0. The van der Waals surface area contributed by atoms with Crippen molar-refractivity contribution in [3.63, 3.8) is 0 Å². The lowest BCUT2D eigenvalue weighted by molar-refractivity contribution is 0.508. The minimum atomic E-state index is -0.0427. The molecule has 0 fully saturated rings. The summed E-state index contributed by atoms with van der Waals surface area (Å²) in [6, 6.07) is 4.08. The highest BCUT2D eigenvalue weighted by Gasteiger charge is 2.09. The highest BCUT2D eigenvalue weighted by atomic mass is 127. The van der Waals surface area contributed by atoms with Gasteiger partial charge in [0, 0.05) is 24.0 Å². The summed E-state index contributed by atoms with van der Waals surface area (Å²) in [5.74, 6) is 0.498. The molecule has 0 aliphatic carbocycles. The third kappa shape index (κ3) is 7.47. The van der Waals surface area contributed by atoms with Crippen LogP contribution in [-0.4, -0.2) is 23.0 Å². The lowest BCUT2D eigenvalue weighted by Crippen LogP contribution is -2.45. The third-order valence-electron chi connectivity index (χ3n) is 2.16. The fourth-order valence-corrected chi connectivity index (χ4v) is 1.38. The zero-order valence-electron chi connectivity index (χ0n) is 11.5. The highest BCUT2D eigenvalue weighted by Crippen LogP contribution is 2.01. The Morgan fingerprint density at radius 1 is 1.39 bits per heavy atom. The first-order valence-corrected chi connectivity index (χ1v) is 5.86. The molecule has 1 aromatic rings. The molecule has 0 saturated heterocycles. The van der Waals surface area contributed by atoms with Gasteiger partial charge >= 0.3 is 0 Å². The van der Waals surface area contributed by atoms with Gasteiger partial charge < -0.3 is 11.1 Å². The maximum Gasteiger partial charge on any atom is 0.188 e. The monoisotopic (exact) mass is 362 g/mol. The van der Waals surface area contributed by atoms with Gasteiger partial charge in [-0.05, 0) is 45.7 Å². The van der Waals surface area contributed by atoms with Crippen LogP contribution < -0.4 is 11.1 Å². The maximum absolute atomic E-state index is 5.77. The Morgan fingerprint density at radius 3 is 2.56 bits per heavy atom. The predicted molar refractivity (Wildman–Crippen MR) is 87.5 cm³/mol. The molecule has 0 aliphatic heterocycles. The van der Waals surface area contributed by atoms with E-state index in [9.17, 15) is 0 Å². The molecule has 0 amide bonds. The van der Waals surface area contributed by atoms with E-state index in [0.29, 0.717) is 12.5 Å². The molecule has 0 radical (unpaired) electrons. The van der Waals surface area contributed by atoms with Crippen LogP contribution in [0, 0.1) is 6.92 Å². The molecule has 0 saturated carbocycles. The number of halogens is 1. The maximum atomic E-state index is 5.77. The lowest BCUT2D eigenvalue weighted by Gasteiger charge is -2.20. The SMILES string of the molecule is Cc1ccc(CCN=C(N)NC(C)(C)C)cn1.I. The van der Waals surface area contributed by atoms with E-state index in [1.54, 1.807) is 0 Å². The second-order valence-electron chi connectivity index (χ2n) is 5.20. The van der Waals surface area contributed by atoms with Crippen molar-refractivity contribution in [2.75, 3.05) is 6.54 Å². The average molecular weight is 362 g/mol. The Morgan fingerprint density at radius 2 is 2.06 bits per heavy atom. The first kappa shape index (κ1) is 17.2. The van der Waals surface area contributed by atoms with Gasteiger partial charge in [-0.2, -0.15) is 0 Å². The van der Waals surface area contributed by atoms with Crippen LogP contribution in [0.2, 0.25) is 0 Å². The Kier molecular flexibility index (Phi) is 7.20. The molecule has 0 spiro atoms. The number of hydrogen-bond acceptors (Lipinski definition) is 2. The van der Waals surface area contributed by atoms with Gasteiger partial charge in [0.15, 0.2) is 5.96 Å². The van der Waals surface area contributed by atoms with Gasteiger partial charge in [-0.25, -0.2) is 0 Å². The lowest BCUT2D eigenvalue weighted by atomic mass is 10.1. The number of hydrogen-bond donors (Lipinski definition) is 2. The average Bonchev–Trinajstić information content (AvgIpc) is 2.18. The summed E-state index contributed by atoms with van der Waals surface area (Å²) in [6.45, 7) is 8.82. The molecule has 0 unspecified atom stereocenters. The molecular weight excluding hydrogens is 339 g/mol. The van der Waals surface area contributed by atoms with E-state index in [0.717, 1.165) is 12.1 Å². The summed E-state index contributed by atoms with van der Waals surface area (Å²) in [5, 5.41) is 3.13. The van der Waals surface area contributed by atoms with Gasteiger partial charge in [-0.1, -0.05) is 6.07 Å². The number of nitrogens with two attached hydrogens (primary N) is 1. The minimum Gasteiger partial charge on any atom is -0.370 e. The number of aromatic nitrogens is 1. The first-order valence-electron chi connectivity index (χ1n) is 5.86. The normalized spacial score (nSPS) is 11.9. The van der Waals surface area contributed by atoms with E-state index < -0.39 is 0 Å². The zero-order valence-corrected chi connectivity index (χ0v) is 13.9. The summed E-state index contributed by atoms with van der Waals surface area (Å²) in [6.07, 6.45) is 2.75. The van der Waals surface area contributed by atoms with Crippen LogP contribution in [0.5, 0.6) is 0 Å². The molecule has 0 atom stereocenters. The summed E-state index contributed by atoms with van der Waals surface area (Å²) in [5.41, 5.74) is 7.95. The summed E-state index contributed by atoms with van der Waals surface area (Å²) < 4.78 is 0. The van der Waals surface area contributed by atoms with Crippen LogP contribution in [0.1, 0.15) is 32.0 Å². The predicted octanol–water partition coefficient (Wildman–Crippen LogP) is 2.25. The van der Waals surface area contributed by atoms with Gasteiger partial charge in [-0.15, -0.1) is 24.0 Å². The number of pyridine rings is 1. The molecule has 5 heteroatoms. The van der Waals surface area contributed by atoms with Crippen LogP contribution in [0.15, 0.2) is 23.3 Å². The van der Waals surface area contributed by atoms with Gasteiger partial charge in [0.2, 0.25) is 0 Å². The zero-order chi connectivity index (χ0) is 12.9. The van der Waals surface area contributed by atoms with Gasteiger partial charge in [0.25, 0.3) is 0 Å². The van der Waals surface area contributed by atoms with Crippen molar-refractivity contribution in [1.29, 1.82) is 0 Å². The minimum absolute atomic E-state index is 0. The van der Waals surface area contributed by atoms with Crippen molar-refractivity contribution >= 4 is 29.9 Å². The number of nitrogens with one attached hydrogen (secondary N) is 1. The van der Waals surface area contributed by atoms with E-state index in [1.165, 1.54) is 5.56 Å². The van der Waals surface area contributed by atoms with Crippen molar-refractivity contribution in [3.05, 3.63) is 29.6 Å². The summed E-state index contributed by atoms with van der Waals surface area (Å²) in [4.78, 5) is 8.52. The molecule has 0 aromatic carbocycles. The molecule has 0 bridgehead atoms. The molecule has 18 heavy (non-hydrogen) atoms. The largest absolute Gasteiger partial charge is 0.370 e. The smallest absolute Gasteiger partial charge is 0.188 e. The summed E-state index contributed by atoms with van der Waals surface area (Å²) in [7, 11) is 0. The standard InChI is InChI=1S/C13H22N4.HI/c1-10-5-6-11(9-16-10)7-8-15-12(14)17-13(2,3)4;/h5-6,9H,7-8H2,1-4H3,(H3,14,15,17);1H. The van der Waals surface area contributed by atoms with Crippen LogP contribution in [0.25, 0.3) is 0 Å². The Labute approximate surface area is 126 Å². The number of guanidine groups is 1. The van der Waals surface area contributed by atoms with E-state index in [4.69, 9.17) is 5.73 Å². The second kappa shape index (κ2) is 7.56. The molecule has 3 N–H and O–H groups in total. The van der Waals surface area contributed by atoms with Gasteiger partial charge in [-0.3, -0.25) is 9.98 Å². The number of rotatable bonds is 3. The first-order chi connectivity index (χ1) is 7.87. The van der Waals surface area contributed by atoms with Crippen LogP contribution in [-0.2, 0) is 6.42 Å². The molecular formula is C13H23IN4. The van der Waals surface area contributed by atoms with Crippen molar-refractivity contribution in [2.24, 2.45) is 10.7 Å². The van der Waals surface area contributed by atoms with E-state index >= 15 is 0 Å².